The molecule has 0 bridgehead atoms. The molecule has 5 nitrogen and oxygen atoms in total. The van der Waals surface area contributed by atoms with Crippen LogP contribution in [-0.4, -0.2) is 14.3 Å². The standard InChI is InChI=1S/C12H9N3O2/c16-12-14-9-5-4-8-11(14)13-15(12)17-10-6-2-1-3-7-10/h1-9H. The number of hydrogen-bond donors (Lipinski definition) is 0. The quantitative estimate of drug-likeness (QED) is 0.663. The number of pyridine rings is 1. The molecule has 0 radical (unpaired) electrons. The second-order valence-electron chi connectivity index (χ2n) is 3.49. The Morgan fingerprint density at radius 2 is 1.76 bits per heavy atom. The van der Waals surface area contributed by atoms with Gasteiger partial charge in [0.1, 0.15) is 0 Å². The Morgan fingerprint density at radius 3 is 2.53 bits per heavy atom. The lowest BCUT2D eigenvalue weighted by atomic mass is 10.3. The average Bonchev–Trinajstić information content (AvgIpc) is 2.68. The highest BCUT2D eigenvalue weighted by Crippen LogP contribution is 2.08. The van der Waals surface area contributed by atoms with Crippen molar-refractivity contribution in [2.24, 2.45) is 0 Å². The van der Waals surface area contributed by atoms with Gasteiger partial charge in [0.2, 0.25) is 0 Å². The Labute approximate surface area is 96.5 Å². The third-order valence-electron chi connectivity index (χ3n) is 2.34. The number of rotatable bonds is 2. The summed E-state index contributed by atoms with van der Waals surface area (Å²) >= 11 is 0. The van der Waals surface area contributed by atoms with Crippen molar-refractivity contribution in [2.75, 3.05) is 0 Å². The van der Waals surface area contributed by atoms with Gasteiger partial charge in [-0.2, -0.15) is 0 Å². The molecule has 0 saturated carbocycles. The van der Waals surface area contributed by atoms with Gasteiger partial charge in [-0.3, -0.25) is 0 Å². The highest BCUT2D eigenvalue weighted by molar-refractivity contribution is 5.35. The van der Waals surface area contributed by atoms with Crippen LogP contribution in [0.2, 0.25) is 0 Å². The Hall–Kier alpha value is -2.56. The van der Waals surface area contributed by atoms with Crippen molar-refractivity contribution >= 4 is 5.65 Å². The van der Waals surface area contributed by atoms with E-state index in [1.165, 1.54) is 4.40 Å². The largest absolute Gasteiger partial charge is 0.385 e. The summed E-state index contributed by atoms with van der Waals surface area (Å²) in [6, 6.07) is 14.4. The van der Waals surface area contributed by atoms with Crippen LogP contribution in [0.25, 0.3) is 5.65 Å². The van der Waals surface area contributed by atoms with E-state index in [1.807, 2.05) is 24.3 Å². The predicted molar refractivity (Wildman–Crippen MR) is 61.9 cm³/mol. The van der Waals surface area contributed by atoms with E-state index in [-0.39, 0.29) is 5.69 Å². The summed E-state index contributed by atoms with van der Waals surface area (Å²) in [7, 11) is 0. The third kappa shape index (κ3) is 1.67. The molecule has 0 unspecified atom stereocenters. The van der Waals surface area contributed by atoms with Gasteiger partial charge in [0.15, 0.2) is 11.4 Å². The minimum atomic E-state index is -0.329. The molecule has 0 aliphatic carbocycles. The first-order chi connectivity index (χ1) is 8.34. The molecule has 0 aliphatic rings. The van der Waals surface area contributed by atoms with E-state index < -0.39 is 0 Å². The Kier molecular flexibility index (Phi) is 2.15. The molecule has 84 valence electrons. The van der Waals surface area contributed by atoms with Gasteiger partial charge in [-0.05, 0) is 29.1 Å². The van der Waals surface area contributed by atoms with Gasteiger partial charge in [-0.1, -0.05) is 24.3 Å². The summed E-state index contributed by atoms with van der Waals surface area (Å²) in [6.45, 7) is 0. The van der Waals surface area contributed by atoms with Crippen LogP contribution in [-0.2, 0) is 0 Å². The minimum Gasteiger partial charge on any atom is -0.353 e. The molecule has 0 atom stereocenters. The second kappa shape index (κ2) is 3.79. The summed E-state index contributed by atoms with van der Waals surface area (Å²) in [4.78, 5) is 18.2. The maximum Gasteiger partial charge on any atom is 0.385 e. The Balaban J connectivity index is 2.07. The van der Waals surface area contributed by atoms with Crippen LogP contribution in [0.1, 0.15) is 0 Å². The average molecular weight is 227 g/mol. The van der Waals surface area contributed by atoms with Crippen LogP contribution >= 0.6 is 0 Å². The number of para-hydroxylation sites is 1. The number of fused-ring (bicyclic) bond motifs is 1. The van der Waals surface area contributed by atoms with Crippen LogP contribution < -0.4 is 10.5 Å². The third-order valence-corrected chi connectivity index (χ3v) is 2.34. The first-order valence-corrected chi connectivity index (χ1v) is 5.14. The fourth-order valence-electron chi connectivity index (χ4n) is 1.55. The van der Waals surface area contributed by atoms with Gasteiger partial charge in [0.05, 0.1) is 0 Å². The predicted octanol–water partition coefficient (Wildman–Crippen LogP) is 1.34. The maximum atomic E-state index is 11.9. The van der Waals surface area contributed by atoms with Gasteiger partial charge in [0.25, 0.3) is 0 Å². The SMILES string of the molecule is O=c1n(Oc2ccccc2)nc2ccccn12. The minimum absolute atomic E-state index is 0.329. The molecule has 0 saturated heterocycles. The molecule has 0 spiro atoms. The van der Waals surface area contributed by atoms with Gasteiger partial charge in [-0.25, -0.2) is 9.20 Å². The zero-order valence-corrected chi connectivity index (χ0v) is 8.85. The molecule has 1 aromatic carbocycles. The topological polar surface area (TPSA) is 48.5 Å². The number of aromatic nitrogens is 3. The fourth-order valence-corrected chi connectivity index (χ4v) is 1.55. The molecule has 0 N–H and O–H groups in total. The van der Waals surface area contributed by atoms with Crippen LogP contribution in [0, 0.1) is 0 Å². The monoisotopic (exact) mass is 227 g/mol. The molecule has 0 amide bonds. The summed E-state index contributed by atoms with van der Waals surface area (Å²) in [6.07, 6.45) is 1.65. The molecule has 2 aromatic heterocycles. The van der Waals surface area contributed by atoms with Crippen LogP contribution in [0.15, 0.2) is 59.5 Å². The lowest BCUT2D eigenvalue weighted by Crippen LogP contribution is -2.24. The van der Waals surface area contributed by atoms with Crippen molar-refractivity contribution in [3.63, 3.8) is 0 Å². The van der Waals surface area contributed by atoms with Gasteiger partial charge < -0.3 is 4.84 Å². The van der Waals surface area contributed by atoms with Crippen molar-refractivity contribution < 1.29 is 4.84 Å². The smallest absolute Gasteiger partial charge is 0.353 e. The maximum absolute atomic E-state index is 11.9. The van der Waals surface area contributed by atoms with Crippen molar-refractivity contribution in [1.82, 2.24) is 14.3 Å². The zero-order valence-electron chi connectivity index (χ0n) is 8.85. The van der Waals surface area contributed by atoms with Crippen LogP contribution in [0.3, 0.4) is 0 Å². The van der Waals surface area contributed by atoms with E-state index in [9.17, 15) is 4.79 Å². The zero-order chi connectivity index (χ0) is 11.7. The van der Waals surface area contributed by atoms with Gasteiger partial charge in [-0.15, -0.1) is 5.10 Å². The molecule has 3 aromatic rings. The molecular weight excluding hydrogens is 218 g/mol. The van der Waals surface area contributed by atoms with E-state index >= 15 is 0 Å². The Morgan fingerprint density at radius 1 is 1.00 bits per heavy atom. The second-order valence-corrected chi connectivity index (χ2v) is 3.49. The fraction of sp³-hybridized carbons (Fsp3) is 0. The molecule has 0 aliphatic heterocycles. The highest BCUT2D eigenvalue weighted by Gasteiger charge is 2.06. The van der Waals surface area contributed by atoms with E-state index in [1.54, 1.807) is 30.5 Å². The highest BCUT2D eigenvalue weighted by atomic mass is 16.7. The van der Waals surface area contributed by atoms with E-state index in [4.69, 9.17) is 4.84 Å². The van der Waals surface area contributed by atoms with E-state index in [2.05, 4.69) is 5.10 Å². The van der Waals surface area contributed by atoms with Gasteiger partial charge in [0, 0.05) is 6.20 Å². The molecule has 2 heterocycles. The summed E-state index contributed by atoms with van der Waals surface area (Å²) in [5.41, 5.74) is 0.220. The number of benzene rings is 1. The van der Waals surface area contributed by atoms with Crippen molar-refractivity contribution in [2.45, 2.75) is 0 Å². The Bertz CT molecular complexity index is 700. The van der Waals surface area contributed by atoms with Crippen molar-refractivity contribution in [1.29, 1.82) is 0 Å². The van der Waals surface area contributed by atoms with Gasteiger partial charge >= 0.3 is 5.69 Å². The van der Waals surface area contributed by atoms with Crippen molar-refractivity contribution in [3.8, 4) is 5.75 Å². The molecule has 3 rings (SSSR count). The lowest BCUT2D eigenvalue weighted by molar-refractivity contribution is 0.169. The lowest BCUT2D eigenvalue weighted by Gasteiger charge is -2.00. The molecule has 0 fully saturated rings. The first kappa shape index (κ1) is 9.65. The molecular formula is C12H9N3O2. The van der Waals surface area contributed by atoms with Crippen LogP contribution in [0.5, 0.6) is 5.75 Å². The molecule has 5 heteroatoms. The summed E-state index contributed by atoms with van der Waals surface area (Å²) < 4.78 is 1.42. The van der Waals surface area contributed by atoms with E-state index in [0.717, 1.165) is 4.85 Å². The number of hydrogen-bond acceptors (Lipinski definition) is 3. The first-order valence-electron chi connectivity index (χ1n) is 5.14. The van der Waals surface area contributed by atoms with E-state index in [0.29, 0.717) is 11.4 Å². The van der Waals surface area contributed by atoms with Crippen molar-refractivity contribution in [3.05, 3.63) is 65.2 Å². The summed E-state index contributed by atoms with van der Waals surface area (Å²) in [5.74, 6) is 0.568. The normalized spacial score (nSPS) is 10.6. The summed E-state index contributed by atoms with van der Waals surface area (Å²) in [5, 5.41) is 4.05. The van der Waals surface area contributed by atoms with Crippen LogP contribution in [0.4, 0.5) is 0 Å². The number of nitrogens with zero attached hydrogens (tertiary/aromatic N) is 3. The molecule has 17 heavy (non-hydrogen) atoms.